The van der Waals surface area contributed by atoms with Crippen LogP contribution in [0.5, 0.6) is 0 Å². The highest BCUT2D eigenvalue weighted by Gasteiger charge is 2.07. The molecule has 0 amide bonds. The summed E-state index contributed by atoms with van der Waals surface area (Å²) < 4.78 is 0. The minimum absolute atomic E-state index is 0.0992. The second kappa shape index (κ2) is 6.18. The minimum Gasteiger partial charge on any atom is -0.481 e. The Labute approximate surface area is 101 Å². The summed E-state index contributed by atoms with van der Waals surface area (Å²) in [5, 5.41) is 8.48. The van der Waals surface area contributed by atoms with Crippen molar-refractivity contribution in [2.45, 2.75) is 39.5 Å². The van der Waals surface area contributed by atoms with Crippen LogP contribution in [-0.2, 0) is 4.79 Å². The Bertz CT molecular complexity index is 401. The first-order chi connectivity index (χ1) is 7.99. The number of hydrogen-bond acceptors (Lipinski definition) is 2. The van der Waals surface area contributed by atoms with E-state index in [1.807, 2.05) is 32.0 Å². The predicted octanol–water partition coefficient (Wildman–Crippen LogP) is 3.13. The number of aryl methyl sites for hydroxylation is 2. The van der Waals surface area contributed by atoms with Crippen molar-refractivity contribution in [3.05, 3.63) is 34.9 Å². The van der Waals surface area contributed by atoms with Crippen LogP contribution in [0, 0.1) is 13.8 Å². The van der Waals surface area contributed by atoms with Gasteiger partial charge in [-0.25, -0.2) is 0 Å². The zero-order valence-electron chi connectivity index (χ0n) is 10.3. The molecule has 0 spiro atoms. The minimum atomic E-state index is -0.802. The van der Waals surface area contributed by atoms with Gasteiger partial charge in [-0.1, -0.05) is 17.2 Å². The molecule has 0 unspecified atom stereocenters. The van der Waals surface area contributed by atoms with Gasteiger partial charge in [0.15, 0.2) is 5.78 Å². The van der Waals surface area contributed by atoms with Crippen LogP contribution < -0.4 is 0 Å². The van der Waals surface area contributed by atoms with E-state index in [0.29, 0.717) is 19.3 Å². The van der Waals surface area contributed by atoms with E-state index >= 15 is 0 Å². The average Bonchev–Trinajstić information content (AvgIpc) is 2.22. The number of unbranched alkanes of at least 4 members (excludes halogenated alkanes) is 1. The first kappa shape index (κ1) is 13.4. The molecule has 1 rings (SSSR count). The van der Waals surface area contributed by atoms with Crippen molar-refractivity contribution in [3.63, 3.8) is 0 Å². The van der Waals surface area contributed by atoms with Crippen molar-refractivity contribution >= 4 is 11.8 Å². The maximum Gasteiger partial charge on any atom is 0.303 e. The Morgan fingerprint density at radius 3 is 2.06 bits per heavy atom. The molecular formula is C14H18O3. The van der Waals surface area contributed by atoms with Gasteiger partial charge in [0.1, 0.15) is 0 Å². The van der Waals surface area contributed by atoms with Crippen LogP contribution >= 0.6 is 0 Å². The van der Waals surface area contributed by atoms with Crippen molar-refractivity contribution in [1.29, 1.82) is 0 Å². The van der Waals surface area contributed by atoms with Crippen LogP contribution in [0.15, 0.2) is 18.2 Å². The zero-order chi connectivity index (χ0) is 12.8. The first-order valence-corrected chi connectivity index (χ1v) is 5.82. The third-order valence-corrected chi connectivity index (χ3v) is 2.59. The van der Waals surface area contributed by atoms with E-state index in [9.17, 15) is 9.59 Å². The van der Waals surface area contributed by atoms with Crippen LogP contribution in [-0.4, -0.2) is 16.9 Å². The Kier molecular flexibility index (Phi) is 4.88. The molecule has 17 heavy (non-hydrogen) atoms. The molecule has 0 fully saturated rings. The molecule has 0 heterocycles. The molecule has 3 nitrogen and oxygen atoms in total. The third kappa shape index (κ3) is 4.81. The van der Waals surface area contributed by atoms with Gasteiger partial charge in [-0.15, -0.1) is 0 Å². The number of carboxylic acids is 1. The molecular weight excluding hydrogens is 216 g/mol. The van der Waals surface area contributed by atoms with Gasteiger partial charge in [0, 0.05) is 18.4 Å². The van der Waals surface area contributed by atoms with Crippen LogP contribution in [0.4, 0.5) is 0 Å². The van der Waals surface area contributed by atoms with Gasteiger partial charge in [-0.2, -0.15) is 0 Å². The van der Waals surface area contributed by atoms with E-state index < -0.39 is 5.97 Å². The van der Waals surface area contributed by atoms with Crippen LogP contribution in [0.1, 0.15) is 47.2 Å². The smallest absolute Gasteiger partial charge is 0.303 e. The van der Waals surface area contributed by atoms with Gasteiger partial charge >= 0.3 is 5.97 Å². The van der Waals surface area contributed by atoms with E-state index in [4.69, 9.17) is 5.11 Å². The molecule has 0 atom stereocenters. The molecule has 0 saturated heterocycles. The van der Waals surface area contributed by atoms with Gasteiger partial charge in [0.2, 0.25) is 0 Å². The molecule has 92 valence electrons. The first-order valence-electron chi connectivity index (χ1n) is 5.82. The number of carboxylic acid groups (broad SMARTS) is 1. The molecule has 3 heteroatoms. The maximum absolute atomic E-state index is 11.8. The molecule has 0 radical (unpaired) electrons. The number of Topliss-reactive ketones (excluding diaryl/α,β-unsaturated/α-hetero) is 1. The van der Waals surface area contributed by atoms with E-state index in [1.165, 1.54) is 0 Å². The lowest BCUT2D eigenvalue weighted by atomic mass is 10.0. The number of ketones is 1. The third-order valence-electron chi connectivity index (χ3n) is 2.59. The lowest BCUT2D eigenvalue weighted by Gasteiger charge is -2.04. The molecule has 0 aliphatic heterocycles. The normalized spacial score (nSPS) is 10.2. The average molecular weight is 234 g/mol. The number of hydrogen-bond donors (Lipinski definition) is 1. The van der Waals surface area contributed by atoms with Gasteiger partial charge in [-0.05, 0) is 38.8 Å². The van der Waals surface area contributed by atoms with Crippen molar-refractivity contribution in [2.24, 2.45) is 0 Å². The predicted molar refractivity (Wildman–Crippen MR) is 66.4 cm³/mol. The highest BCUT2D eigenvalue weighted by atomic mass is 16.4. The van der Waals surface area contributed by atoms with Gasteiger partial charge in [0.05, 0.1) is 0 Å². The van der Waals surface area contributed by atoms with Crippen LogP contribution in [0.3, 0.4) is 0 Å². The van der Waals surface area contributed by atoms with Crippen molar-refractivity contribution < 1.29 is 14.7 Å². The summed E-state index contributed by atoms with van der Waals surface area (Å²) in [6, 6.07) is 5.79. The number of carbonyl (C=O) groups excluding carboxylic acids is 1. The van der Waals surface area contributed by atoms with Crippen molar-refractivity contribution in [3.8, 4) is 0 Å². The van der Waals surface area contributed by atoms with Crippen LogP contribution in [0.2, 0.25) is 0 Å². The van der Waals surface area contributed by atoms with Crippen molar-refractivity contribution in [1.82, 2.24) is 0 Å². The van der Waals surface area contributed by atoms with E-state index in [0.717, 1.165) is 16.7 Å². The topological polar surface area (TPSA) is 54.4 Å². The van der Waals surface area contributed by atoms with Crippen molar-refractivity contribution in [2.75, 3.05) is 0 Å². The molecule has 1 N–H and O–H groups in total. The SMILES string of the molecule is Cc1cc(C)cc(C(=O)CCCCC(=O)O)c1. The Hall–Kier alpha value is -1.64. The number of carbonyl (C=O) groups is 2. The molecule has 0 aromatic heterocycles. The lowest BCUT2D eigenvalue weighted by molar-refractivity contribution is -0.137. The molecule has 1 aromatic rings. The van der Waals surface area contributed by atoms with Crippen LogP contribution in [0.25, 0.3) is 0 Å². The standard InChI is InChI=1S/C14H18O3/c1-10-7-11(2)9-12(8-10)13(15)5-3-4-6-14(16)17/h7-9H,3-6H2,1-2H3,(H,16,17). The largest absolute Gasteiger partial charge is 0.481 e. The fourth-order valence-corrected chi connectivity index (χ4v) is 1.84. The summed E-state index contributed by atoms with van der Waals surface area (Å²) in [6.07, 6.45) is 1.76. The molecule has 1 aromatic carbocycles. The summed E-state index contributed by atoms with van der Waals surface area (Å²) in [5.74, 6) is -0.703. The van der Waals surface area contributed by atoms with Gasteiger partial charge < -0.3 is 5.11 Å². The Balaban J connectivity index is 2.49. The highest BCUT2D eigenvalue weighted by Crippen LogP contribution is 2.13. The Morgan fingerprint density at radius 1 is 1.00 bits per heavy atom. The summed E-state index contributed by atoms with van der Waals surface area (Å²) in [4.78, 5) is 22.2. The second-order valence-electron chi connectivity index (χ2n) is 4.40. The lowest BCUT2D eigenvalue weighted by Crippen LogP contribution is -2.01. The number of benzene rings is 1. The molecule has 0 bridgehead atoms. The summed E-state index contributed by atoms with van der Waals surface area (Å²) in [7, 11) is 0. The summed E-state index contributed by atoms with van der Waals surface area (Å²) >= 11 is 0. The zero-order valence-corrected chi connectivity index (χ0v) is 10.3. The highest BCUT2D eigenvalue weighted by molar-refractivity contribution is 5.96. The van der Waals surface area contributed by atoms with Gasteiger partial charge in [-0.3, -0.25) is 9.59 Å². The molecule has 0 aliphatic rings. The fraction of sp³-hybridized carbons (Fsp3) is 0.429. The summed E-state index contributed by atoms with van der Waals surface area (Å²) in [5.41, 5.74) is 2.90. The quantitative estimate of drug-likeness (QED) is 0.607. The maximum atomic E-state index is 11.8. The van der Waals surface area contributed by atoms with E-state index in [2.05, 4.69) is 0 Å². The molecule has 0 aliphatic carbocycles. The number of aliphatic carboxylic acids is 1. The summed E-state index contributed by atoms with van der Waals surface area (Å²) in [6.45, 7) is 3.93. The van der Waals surface area contributed by atoms with Gasteiger partial charge in [0.25, 0.3) is 0 Å². The monoisotopic (exact) mass is 234 g/mol. The molecule has 0 saturated carbocycles. The van der Waals surface area contributed by atoms with E-state index in [-0.39, 0.29) is 12.2 Å². The Morgan fingerprint density at radius 2 is 1.53 bits per heavy atom. The van der Waals surface area contributed by atoms with E-state index in [1.54, 1.807) is 0 Å². The second-order valence-corrected chi connectivity index (χ2v) is 4.40. The fourth-order valence-electron chi connectivity index (χ4n) is 1.84. The number of rotatable bonds is 6.